The van der Waals surface area contributed by atoms with Crippen molar-refractivity contribution in [2.45, 2.75) is 13.3 Å². The van der Waals surface area contributed by atoms with Crippen molar-refractivity contribution >= 4 is 5.91 Å². The van der Waals surface area contributed by atoms with Gasteiger partial charge in [-0.2, -0.15) is 0 Å². The van der Waals surface area contributed by atoms with Crippen molar-refractivity contribution in [1.82, 2.24) is 9.80 Å². The zero-order chi connectivity index (χ0) is 14.4. The van der Waals surface area contributed by atoms with Crippen LogP contribution in [0.25, 0.3) is 0 Å². The van der Waals surface area contributed by atoms with E-state index in [-0.39, 0.29) is 5.91 Å². The number of ether oxygens (including phenoxy) is 1. The number of benzene rings is 1. The number of methoxy groups -OCH3 is 1. The highest BCUT2D eigenvalue weighted by molar-refractivity contribution is 5.94. The van der Waals surface area contributed by atoms with Gasteiger partial charge in [0.25, 0.3) is 5.91 Å². The molecule has 1 saturated heterocycles. The summed E-state index contributed by atoms with van der Waals surface area (Å²) in [6.45, 7) is 7.46. The molecule has 1 heterocycles. The minimum Gasteiger partial charge on any atom is -0.385 e. The maximum absolute atomic E-state index is 12.4. The van der Waals surface area contributed by atoms with Crippen molar-refractivity contribution in [3.63, 3.8) is 0 Å². The monoisotopic (exact) mass is 276 g/mol. The van der Waals surface area contributed by atoms with Gasteiger partial charge in [0, 0.05) is 52.0 Å². The van der Waals surface area contributed by atoms with Crippen LogP contribution in [-0.4, -0.2) is 62.1 Å². The third-order valence-electron chi connectivity index (χ3n) is 3.78. The van der Waals surface area contributed by atoms with Gasteiger partial charge in [0.2, 0.25) is 0 Å². The van der Waals surface area contributed by atoms with Crippen LogP contribution in [0, 0.1) is 6.92 Å². The summed E-state index contributed by atoms with van der Waals surface area (Å²) in [6.07, 6.45) is 1.06. The Morgan fingerprint density at radius 3 is 2.40 bits per heavy atom. The molecule has 0 spiro atoms. The Bertz CT molecular complexity index is 423. The van der Waals surface area contributed by atoms with E-state index in [1.165, 1.54) is 5.56 Å². The molecule has 4 heteroatoms. The lowest BCUT2D eigenvalue weighted by Gasteiger charge is -2.34. The summed E-state index contributed by atoms with van der Waals surface area (Å²) < 4.78 is 5.07. The maximum atomic E-state index is 12.4. The molecule has 1 aliphatic rings. The Morgan fingerprint density at radius 2 is 1.80 bits per heavy atom. The van der Waals surface area contributed by atoms with Gasteiger partial charge in [-0.15, -0.1) is 0 Å². The molecular formula is C16H24N2O2. The molecule has 20 heavy (non-hydrogen) atoms. The zero-order valence-electron chi connectivity index (χ0n) is 12.5. The van der Waals surface area contributed by atoms with Crippen molar-refractivity contribution in [3.05, 3.63) is 35.4 Å². The first-order chi connectivity index (χ1) is 9.70. The Kier molecular flexibility index (Phi) is 5.56. The molecule has 4 nitrogen and oxygen atoms in total. The fraction of sp³-hybridized carbons (Fsp3) is 0.562. The van der Waals surface area contributed by atoms with Crippen LogP contribution in [0.15, 0.2) is 24.3 Å². The standard InChI is InChI=1S/C16H24N2O2/c1-14-4-6-15(7-5-14)16(19)18-11-9-17(10-12-18)8-3-13-20-2/h4-7H,3,8-13H2,1-2H3. The second-order valence-electron chi connectivity index (χ2n) is 5.35. The van der Waals surface area contributed by atoms with E-state index < -0.39 is 0 Å². The molecule has 0 aromatic heterocycles. The number of carbonyl (C=O) groups is 1. The molecule has 0 atom stereocenters. The Labute approximate surface area is 121 Å². The van der Waals surface area contributed by atoms with Gasteiger partial charge in [0.05, 0.1) is 0 Å². The molecule has 0 radical (unpaired) electrons. The van der Waals surface area contributed by atoms with Crippen LogP contribution in [0.5, 0.6) is 0 Å². The number of rotatable bonds is 5. The largest absolute Gasteiger partial charge is 0.385 e. The third-order valence-corrected chi connectivity index (χ3v) is 3.78. The number of amides is 1. The van der Waals surface area contributed by atoms with Crippen molar-refractivity contribution in [3.8, 4) is 0 Å². The second kappa shape index (κ2) is 7.41. The summed E-state index contributed by atoms with van der Waals surface area (Å²) in [5, 5.41) is 0. The summed E-state index contributed by atoms with van der Waals surface area (Å²) in [5.74, 6) is 0.154. The first kappa shape index (κ1) is 15.0. The van der Waals surface area contributed by atoms with Crippen molar-refractivity contribution in [2.75, 3.05) is 46.4 Å². The number of nitrogens with zero attached hydrogens (tertiary/aromatic N) is 2. The summed E-state index contributed by atoms with van der Waals surface area (Å²) >= 11 is 0. The average molecular weight is 276 g/mol. The lowest BCUT2D eigenvalue weighted by Crippen LogP contribution is -2.48. The fourth-order valence-corrected chi connectivity index (χ4v) is 2.49. The topological polar surface area (TPSA) is 32.8 Å². The molecular weight excluding hydrogens is 252 g/mol. The molecule has 0 unspecified atom stereocenters. The molecule has 0 bridgehead atoms. The predicted octanol–water partition coefficient (Wildman–Crippen LogP) is 1.79. The van der Waals surface area contributed by atoms with Crippen LogP contribution < -0.4 is 0 Å². The van der Waals surface area contributed by atoms with E-state index >= 15 is 0 Å². The quantitative estimate of drug-likeness (QED) is 0.769. The molecule has 0 aliphatic carbocycles. The lowest BCUT2D eigenvalue weighted by molar-refractivity contribution is 0.0624. The van der Waals surface area contributed by atoms with E-state index in [1.807, 2.05) is 36.1 Å². The Morgan fingerprint density at radius 1 is 1.15 bits per heavy atom. The van der Waals surface area contributed by atoms with E-state index in [1.54, 1.807) is 7.11 Å². The van der Waals surface area contributed by atoms with Gasteiger partial charge in [-0.05, 0) is 25.5 Å². The summed E-state index contributed by atoms with van der Waals surface area (Å²) in [7, 11) is 1.73. The highest BCUT2D eigenvalue weighted by atomic mass is 16.5. The van der Waals surface area contributed by atoms with Gasteiger partial charge in [-0.25, -0.2) is 0 Å². The second-order valence-corrected chi connectivity index (χ2v) is 5.35. The molecule has 110 valence electrons. The van der Waals surface area contributed by atoms with Gasteiger partial charge in [-0.3, -0.25) is 9.69 Å². The van der Waals surface area contributed by atoms with E-state index in [2.05, 4.69) is 4.90 Å². The fourth-order valence-electron chi connectivity index (χ4n) is 2.49. The summed E-state index contributed by atoms with van der Waals surface area (Å²) in [4.78, 5) is 16.7. The van der Waals surface area contributed by atoms with E-state index in [4.69, 9.17) is 4.74 Å². The van der Waals surface area contributed by atoms with Gasteiger partial charge in [0.1, 0.15) is 0 Å². The normalized spacial score (nSPS) is 16.4. The highest BCUT2D eigenvalue weighted by Gasteiger charge is 2.21. The molecule has 1 amide bonds. The van der Waals surface area contributed by atoms with Crippen LogP contribution in [0.3, 0.4) is 0 Å². The zero-order valence-corrected chi connectivity index (χ0v) is 12.5. The minimum atomic E-state index is 0.154. The summed E-state index contributed by atoms with van der Waals surface area (Å²) in [5.41, 5.74) is 1.98. The molecule has 1 aromatic rings. The van der Waals surface area contributed by atoms with Crippen LogP contribution >= 0.6 is 0 Å². The number of hydrogen-bond donors (Lipinski definition) is 0. The predicted molar refractivity (Wildman–Crippen MR) is 80.0 cm³/mol. The van der Waals surface area contributed by atoms with E-state index in [0.717, 1.165) is 51.3 Å². The van der Waals surface area contributed by atoms with Crippen LogP contribution in [0.4, 0.5) is 0 Å². The molecule has 1 aliphatic heterocycles. The number of piperazine rings is 1. The lowest BCUT2D eigenvalue weighted by atomic mass is 10.1. The molecule has 0 saturated carbocycles. The van der Waals surface area contributed by atoms with Crippen molar-refractivity contribution in [2.24, 2.45) is 0 Å². The van der Waals surface area contributed by atoms with Gasteiger partial charge in [-0.1, -0.05) is 17.7 Å². The Hall–Kier alpha value is -1.39. The smallest absolute Gasteiger partial charge is 0.253 e. The third kappa shape index (κ3) is 4.05. The van der Waals surface area contributed by atoms with Crippen molar-refractivity contribution in [1.29, 1.82) is 0 Å². The Balaban J connectivity index is 1.81. The molecule has 2 rings (SSSR count). The van der Waals surface area contributed by atoms with Gasteiger partial charge in [0.15, 0.2) is 0 Å². The van der Waals surface area contributed by atoms with E-state index in [0.29, 0.717) is 0 Å². The maximum Gasteiger partial charge on any atom is 0.253 e. The first-order valence-electron chi connectivity index (χ1n) is 7.28. The minimum absolute atomic E-state index is 0.154. The van der Waals surface area contributed by atoms with Crippen LogP contribution in [0.2, 0.25) is 0 Å². The molecule has 1 aromatic carbocycles. The van der Waals surface area contributed by atoms with Gasteiger partial charge < -0.3 is 9.64 Å². The number of aryl methyl sites for hydroxylation is 1. The van der Waals surface area contributed by atoms with Crippen LogP contribution in [-0.2, 0) is 4.74 Å². The number of carbonyl (C=O) groups excluding carboxylic acids is 1. The van der Waals surface area contributed by atoms with E-state index in [9.17, 15) is 4.79 Å². The molecule has 1 fully saturated rings. The first-order valence-corrected chi connectivity index (χ1v) is 7.28. The van der Waals surface area contributed by atoms with Crippen LogP contribution in [0.1, 0.15) is 22.3 Å². The van der Waals surface area contributed by atoms with Gasteiger partial charge >= 0.3 is 0 Å². The average Bonchev–Trinajstić information content (AvgIpc) is 2.48. The molecule has 0 N–H and O–H groups in total. The van der Waals surface area contributed by atoms with Crippen molar-refractivity contribution < 1.29 is 9.53 Å². The summed E-state index contributed by atoms with van der Waals surface area (Å²) in [6, 6.07) is 7.83. The SMILES string of the molecule is COCCCN1CCN(C(=O)c2ccc(C)cc2)CC1. The number of hydrogen-bond acceptors (Lipinski definition) is 3. The highest BCUT2D eigenvalue weighted by Crippen LogP contribution is 2.10.